The van der Waals surface area contributed by atoms with Crippen LogP contribution in [0.4, 0.5) is 0 Å². The summed E-state index contributed by atoms with van der Waals surface area (Å²) in [6.07, 6.45) is 17.4. The Morgan fingerprint density at radius 1 is 0.684 bits per heavy atom. The molecule has 4 aromatic rings. The largest absolute Gasteiger partial charge is 0.258 e. The number of aromatic nitrogens is 2. The molecular formula is C36H47N2+. The predicted octanol–water partition coefficient (Wildman–Crippen LogP) is 9.17. The summed E-state index contributed by atoms with van der Waals surface area (Å²) in [6, 6.07) is 33.2. The summed E-state index contributed by atoms with van der Waals surface area (Å²) in [5, 5.41) is 0. The number of hydrogen-bond acceptors (Lipinski definition) is 0. The van der Waals surface area contributed by atoms with Crippen LogP contribution in [0.15, 0.2) is 103 Å². The van der Waals surface area contributed by atoms with E-state index in [1.54, 1.807) is 0 Å². The van der Waals surface area contributed by atoms with Crippen molar-refractivity contribution in [3.8, 4) is 0 Å². The molecule has 0 radical (unpaired) electrons. The summed E-state index contributed by atoms with van der Waals surface area (Å²) in [6.45, 7) is 5.69. The van der Waals surface area contributed by atoms with Crippen molar-refractivity contribution in [3.05, 3.63) is 126 Å². The van der Waals surface area contributed by atoms with Gasteiger partial charge < -0.3 is 0 Å². The Bertz CT molecular complexity index is 1170. The number of hydrogen-bond donors (Lipinski definition) is 1. The van der Waals surface area contributed by atoms with Gasteiger partial charge in [0.1, 0.15) is 18.9 Å². The molecule has 1 aromatic heterocycles. The molecule has 2 unspecified atom stereocenters. The average molecular weight is 508 g/mol. The third kappa shape index (κ3) is 7.69. The second-order valence-electron chi connectivity index (χ2n) is 11.2. The summed E-state index contributed by atoms with van der Waals surface area (Å²) in [5.74, 6) is 1.72. The Morgan fingerprint density at radius 2 is 1.24 bits per heavy atom. The smallest absolute Gasteiger partial charge is 0.247 e. The van der Waals surface area contributed by atoms with E-state index >= 15 is 0 Å². The van der Waals surface area contributed by atoms with Crippen molar-refractivity contribution in [1.29, 1.82) is 0 Å². The zero-order chi connectivity index (χ0) is 26.5. The quantitative estimate of drug-likeness (QED) is 0.115. The van der Waals surface area contributed by atoms with E-state index in [9.17, 15) is 0 Å². The van der Waals surface area contributed by atoms with Crippen LogP contribution in [0.2, 0.25) is 0 Å². The molecule has 0 aliphatic rings. The standard InChI is InChI=1S/C36H46N2/c1-3-4-5-6-7-8-9-19-26-34(35-37-27-28-38(35)30-32-22-15-11-16-23-32)36(2,33-24-17-12-18-25-33)29-31-20-13-10-14-21-31/h10-18,20-25,27-28,34H,3-9,19,26,29-30H2,1-2H3/p+1. The van der Waals surface area contributed by atoms with Crippen molar-refractivity contribution < 1.29 is 4.57 Å². The average Bonchev–Trinajstić information content (AvgIpc) is 3.41. The first kappa shape index (κ1) is 27.9. The molecule has 0 fully saturated rings. The minimum absolute atomic E-state index is 0.0347. The Hall–Kier alpha value is -3.13. The minimum atomic E-state index is -0.0347. The summed E-state index contributed by atoms with van der Waals surface area (Å²) < 4.78 is 2.46. The van der Waals surface area contributed by atoms with Gasteiger partial charge in [-0.2, -0.15) is 0 Å². The lowest BCUT2D eigenvalue weighted by molar-refractivity contribution is -0.696. The lowest BCUT2D eigenvalue weighted by Crippen LogP contribution is -2.44. The molecular weight excluding hydrogens is 460 g/mol. The number of rotatable bonds is 16. The van der Waals surface area contributed by atoms with Crippen LogP contribution >= 0.6 is 0 Å². The van der Waals surface area contributed by atoms with E-state index in [0.29, 0.717) is 5.92 Å². The zero-order valence-electron chi connectivity index (χ0n) is 23.6. The number of unbranched alkanes of at least 4 members (excludes halogenated alkanes) is 7. The molecule has 1 N–H and O–H groups in total. The van der Waals surface area contributed by atoms with E-state index in [1.807, 2.05) is 0 Å². The maximum Gasteiger partial charge on any atom is 0.258 e. The number of nitrogens with zero attached hydrogens (tertiary/aromatic N) is 1. The lowest BCUT2D eigenvalue weighted by Gasteiger charge is -2.37. The van der Waals surface area contributed by atoms with Gasteiger partial charge in [-0.1, -0.05) is 156 Å². The van der Waals surface area contributed by atoms with E-state index in [1.165, 1.54) is 80.3 Å². The molecule has 200 valence electrons. The predicted molar refractivity (Wildman–Crippen MR) is 160 cm³/mol. The number of imidazole rings is 1. The highest BCUT2D eigenvalue weighted by Gasteiger charge is 2.42. The molecule has 38 heavy (non-hydrogen) atoms. The molecule has 0 saturated carbocycles. The van der Waals surface area contributed by atoms with Gasteiger partial charge in [-0.05, 0) is 29.5 Å². The Labute approximate surface area is 231 Å². The molecule has 0 amide bonds. The van der Waals surface area contributed by atoms with Gasteiger partial charge >= 0.3 is 0 Å². The highest BCUT2D eigenvalue weighted by molar-refractivity contribution is 5.32. The SMILES string of the molecule is CCCCCCCCCCC(c1[nH]cc[n+]1Cc1ccccc1)C(C)(Cc1ccccc1)c1ccccc1. The topological polar surface area (TPSA) is 19.7 Å². The van der Waals surface area contributed by atoms with Crippen LogP contribution in [0.5, 0.6) is 0 Å². The van der Waals surface area contributed by atoms with E-state index in [0.717, 1.165) is 13.0 Å². The summed E-state index contributed by atoms with van der Waals surface area (Å²) >= 11 is 0. The molecule has 0 aliphatic heterocycles. The van der Waals surface area contributed by atoms with Crippen LogP contribution in [0, 0.1) is 0 Å². The summed E-state index contributed by atoms with van der Waals surface area (Å²) in [4.78, 5) is 3.73. The number of benzene rings is 3. The second-order valence-corrected chi connectivity index (χ2v) is 11.2. The maximum atomic E-state index is 3.73. The number of aromatic amines is 1. The van der Waals surface area contributed by atoms with Crippen LogP contribution in [-0.2, 0) is 18.4 Å². The normalized spacial score (nSPS) is 13.7. The van der Waals surface area contributed by atoms with Crippen LogP contribution in [-0.4, -0.2) is 4.98 Å². The molecule has 3 aromatic carbocycles. The van der Waals surface area contributed by atoms with Gasteiger partial charge in [0.15, 0.2) is 0 Å². The summed E-state index contributed by atoms with van der Waals surface area (Å²) in [7, 11) is 0. The fourth-order valence-electron chi connectivity index (χ4n) is 6.10. The first-order chi connectivity index (χ1) is 18.7. The van der Waals surface area contributed by atoms with Gasteiger partial charge in [0.2, 0.25) is 0 Å². The van der Waals surface area contributed by atoms with Crippen LogP contribution < -0.4 is 4.57 Å². The number of H-pyrrole nitrogens is 1. The van der Waals surface area contributed by atoms with Crippen molar-refractivity contribution >= 4 is 0 Å². The Balaban J connectivity index is 1.62. The van der Waals surface area contributed by atoms with Gasteiger partial charge in [0.05, 0.1) is 5.92 Å². The van der Waals surface area contributed by atoms with Crippen molar-refractivity contribution in [3.63, 3.8) is 0 Å². The van der Waals surface area contributed by atoms with E-state index in [4.69, 9.17) is 0 Å². The minimum Gasteiger partial charge on any atom is -0.247 e. The van der Waals surface area contributed by atoms with Crippen LogP contribution in [0.25, 0.3) is 0 Å². The summed E-state index contributed by atoms with van der Waals surface area (Å²) in [5.41, 5.74) is 4.14. The zero-order valence-corrected chi connectivity index (χ0v) is 23.6. The van der Waals surface area contributed by atoms with Crippen molar-refractivity contribution in [2.45, 2.75) is 95.9 Å². The molecule has 2 atom stereocenters. The van der Waals surface area contributed by atoms with E-state index in [-0.39, 0.29) is 5.41 Å². The van der Waals surface area contributed by atoms with Gasteiger partial charge in [0.25, 0.3) is 5.82 Å². The maximum absolute atomic E-state index is 3.73. The third-order valence-corrected chi connectivity index (χ3v) is 8.28. The van der Waals surface area contributed by atoms with Gasteiger partial charge in [-0.15, -0.1) is 0 Å². The van der Waals surface area contributed by atoms with Gasteiger partial charge in [-0.3, -0.25) is 0 Å². The van der Waals surface area contributed by atoms with Crippen molar-refractivity contribution in [2.75, 3.05) is 0 Å². The molecule has 2 heteroatoms. The van der Waals surface area contributed by atoms with Gasteiger partial charge in [0, 0.05) is 5.41 Å². The highest BCUT2D eigenvalue weighted by Crippen LogP contribution is 2.43. The molecule has 2 nitrogen and oxygen atoms in total. The molecule has 0 bridgehead atoms. The number of nitrogens with one attached hydrogen (secondary N) is 1. The van der Waals surface area contributed by atoms with Crippen LogP contribution in [0.1, 0.15) is 100 Å². The van der Waals surface area contributed by atoms with Crippen molar-refractivity contribution in [1.82, 2.24) is 4.98 Å². The Kier molecular flexibility index (Phi) is 10.8. The fourth-order valence-corrected chi connectivity index (χ4v) is 6.10. The van der Waals surface area contributed by atoms with Crippen LogP contribution in [0.3, 0.4) is 0 Å². The fraction of sp³-hybridized carbons (Fsp3) is 0.417. The lowest BCUT2D eigenvalue weighted by atomic mass is 9.66. The highest BCUT2D eigenvalue weighted by atomic mass is 15.1. The first-order valence-electron chi connectivity index (χ1n) is 14.9. The monoisotopic (exact) mass is 507 g/mol. The Morgan fingerprint density at radius 3 is 1.87 bits per heavy atom. The molecule has 0 saturated heterocycles. The molecule has 0 aliphatic carbocycles. The molecule has 0 spiro atoms. The van der Waals surface area contributed by atoms with E-state index in [2.05, 4.69) is 127 Å². The van der Waals surface area contributed by atoms with Gasteiger partial charge in [-0.25, -0.2) is 9.55 Å². The third-order valence-electron chi connectivity index (χ3n) is 8.28. The van der Waals surface area contributed by atoms with Crippen molar-refractivity contribution in [2.24, 2.45) is 0 Å². The molecule has 1 heterocycles. The molecule has 4 rings (SSSR count). The second kappa shape index (κ2) is 14.7. The van der Waals surface area contributed by atoms with E-state index < -0.39 is 0 Å². The first-order valence-corrected chi connectivity index (χ1v) is 14.9.